The van der Waals surface area contributed by atoms with Crippen LogP contribution in [0.15, 0.2) is 16.6 Å². The van der Waals surface area contributed by atoms with Gasteiger partial charge in [-0.1, -0.05) is 11.6 Å². The lowest BCUT2D eigenvalue weighted by molar-refractivity contribution is 0.313. The molecular weight excluding hydrogens is 307 g/mol. The lowest BCUT2D eigenvalue weighted by Gasteiger charge is -2.20. The Bertz CT molecular complexity index is 404. The van der Waals surface area contributed by atoms with Crippen molar-refractivity contribution in [3.8, 4) is 0 Å². The van der Waals surface area contributed by atoms with Gasteiger partial charge in [-0.15, -0.1) is 0 Å². The maximum atomic E-state index is 13.6. The summed E-state index contributed by atoms with van der Waals surface area (Å²) in [6.45, 7) is 1.63. The second-order valence-electron chi connectivity index (χ2n) is 4.59. The van der Waals surface area contributed by atoms with Crippen LogP contribution >= 0.6 is 27.5 Å². The van der Waals surface area contributed by atoms with E-state index in [-0.39, 0.29) is 11.9 Å². The van der Waals surface area contributed by atoms with Gasteiger partial charge < -0.3 is 5.73 Å². The smallest absolute Gasteiger partial charge is 0.139 e. The van der Waals surface area contributed by atoms with Crippen molar-refractivity contribution in [3.63, 3.8) is 0 Å². The number of nitrogens with two attached hydrogens (primary N) is 1. The fourth-order valence-electron chi connectivity index (χ4n) is 2.43. The van der Waals surface area contributed by atoms with E-state index >= 15 is 0 Å². The first-order valence-electron chi connectivity index (χ1n) is 5.57. The lowest BCUT2D eigenvalue weighted by atomic mass is 10.00. The number of hydrogen-bond acceptors (Lipinski definition) is 2. The molecule has 1 fully saturated rings. The van der Waals surface area contributed by atoms with E-state index in [1.165, 1.54) is 0 Å². The monoisotopic (exact) mass is 320 g/mol. The fraction of sp³-hybridized carbons (Fsp3) is 0.500. The van der Waals surface area contributed by atoms with E-state index in [0.29, 0.717) is 22.0 Å². The molecule has 0 spiro atoms. The van der Waals surface area contributed by atoms with Gasteiger partial charge in [0, 0.05) is 12.6 Å². The second-order valence-corrected chi connectivity index (χ2v) is 5.79. The molecule has 1 aliphatic rings. The van der Waals surface area contributed by atoms with Gasteiger partial charge in [-0.2, -0.15) is 0 Å². The Labute approximate surface area is 114 Å². The Morgan fingerprint density at radius 2 is 2.29 bits per heavy atom. The van der Waals surface area contributed by atoms with Crippen molar-refractivity contribution < 1.29 is 4.39 Å². The molecule has 94 valence electrons. The largest absolute Gasteiger partial charge is 0.330 e. The van der Waals surface area contributed by atoms with Gasteiger partial charge in [-0.25, -0.2) is 4.39 Å². The molecule has 1 aliphatic heterocycles. The first-order chi connectivity index (χ1) is 8.02. The third-order valence-corrected chi connectivity index (χ3v) is 4.69. The molecule has 2 unspecified atom stereocenters. The van der Waals surface area contributed by atoms with Crippen LogP contribution in [0.5, 0.6) is 0 Å². The average molecular weight is 322 g/mol. The number of benzene rings is 1. The standard InChI is InChI=1S/C12H15BrClFN2/c1-17-6-7(5-16)2-11(17)8-3-9(14)12(13)10(15)4-8/h3-4,7,11H,2,5-6,16H2,1H3. The average Bonchev–Trinajstić information content (AvgIpc) is 2.67. The minimum atomic E-state index is -0.308. The first-order valence-corrected chi connectivity index (χ1v) is 6.74. The molecule has 1 aromatic rings. The molecule has 0 saturated carbocycles. The summed E-state index contributed by atoms with van der Waals surface area (Å²) in [7, 11) is 2.04. The highest BCUT2D eigenvalue weighted by Crippen LogP contribution is 2.37. The molecule has 2 N–H and O–H groups in total. The number of likely N-dealkylation sites (tertiary alicyclic amines) is 1. The summed E-state index contributed by atoms with van der Waals surface area (Å²) < 4.78 is 14.0. The van der Waals surface area contributed by atoms with Crippen molar-refractivity contribution in [1.29, 1.82) is 0 Å². The molecule has 0 bridgehead atoms. The van der Waals surface area contributed by atoms with E-state index in [4.69, 9.17) is 17.3 Å². The molecule has 0 radical (unpaired) electrons. The van der Waals surface area contributed by atoms with E-state index in [0.717, 1.165) is 18.5 Å². The quantitative estimate of drug-likeness (QED) is 0.848. The van der Waals surface area contributed by atoms with Gasteiger partial charge in [0.1, 0.15) is 5.82 Å². The van der Waals surface area contributed by atoms with Crippen LogP contribution in [0.3, 0.4) is 0 Å². The molecule has 0 aromatic heterocycles. The maximum Gasteiger partial charge on any atom is 0.139 e. The first kappa shape index (κ1) is 13.3. The molecule has 2 rings (SSSR count). The minimum Gasteiger partial charge on any atom is -0.330 e. The van der Waals surface area contributed by atoms with Crippen molar-refractivity contribution in [1.82, 2.24) is 4.90 Å². The molecule has 2 nitrogen and oxygen atoms in total. The molecule has 0 aliphatic carbocycles. The maximum absolute atomic E-state index is 13.6. The summed E-state index contributed by atoms with van der Waals surface area (Å²) in [4.78, 5) is 2.20. The SMILES string of the molecule is CN1CC(CN)CC1c1cc(F)c(Br)c(Cl)c1. The molecule has 0 amide bonds. The summed E-state index contributed by atoms with van der Waals surface area (Å²) in [5, 5.41) is 0.421. The number of halogens is 3. The second kappa shape index (κ2) is 5.22. The van der Waals surface area contributed by atoms with E-state index in [1.807, 2.05) is 13.1 Å². The summed E-state index contributed by atoms with van der Waals surface area (Å²) in [6, 6.07) is 3.59. The van der Waals surface area contributed by atoms with Crippen LogP contribution < -0.4 is 5.73 Å². The lowest BCUT2D eigenvalue weighted by Crippen LogP contribution is -2.20. The van der Waals surface area contributed by atoms with Crippen molar-refractivity contribution in [3.05, 3.63) is 33.0 Å². The van der Waals surface area contributed by atoms with Crippen molar-refractivity contribution >= 4 is 27.5 Å². The molecule has 1 aromatic carbocycles. The number of nitrogens with zero attached hydrogens (tertiary/aromatic N) is 1. The summed E-state index contributed by atoms with van der Waals surface area (Å²) in [6.07, 6.45) is 0.963. The number of hydrogen-bond donors (Lipinski definition) is 1. The Morgan fingerprint density at radius 3 is 2.82 bits per heavy atom. The Kier molecular flexibility index (Phi) is 4.08. The highest BCUT2D eigenvalue weighted by atomic mass is 79.9. The predicted octanol–water partition coefficient (Wildman–Crippen LogP) is 3.19. The van der Waals surface area contributed by atoms with Crippen LogP contribution in [-0.2, 0) is 0 Å². The van der Waals surface area contributed by atoms with Gasteiger partial charge in [0.15, 0.2) is 0 Å². The highest BCUT2D eigenvalue weighted by Gasteiger charge is 2.30. The number of rotatable bonds is 2. The molecule has 2 atom stereocenters. The van der Waals surface area contributed by atoms with E-state index in [1.54, 1.807) is 6.07 Å². The normalized spacial score (nSPS) is 25.5. The zero-order chi connectivity index (χ0) is 12.6. The van der Waals surface area contributed by atoms with Gasteiger partial charge in [0.05, 0.1) is 9.50 Å². The van der Waals surface area contributed by atoms with Crippen LogP contribution in [0.1, 0.15) is 18.0 Å². The van der Waals surface area contributed by atoms with Gasteiger partial charge in [0.2, 0.25) is 0 Å². The van der Waals surface area contributed by atoms with Crippen molar-refractivity contribution in [2.75, 3.05) is 20.1 Å². The van der Waals surface area contributed by atoms with Gasteiger partial charge >= 0.3 is 0 Å². The Morgan fingerprint density at radius 1 is 1.59 bits per heavy atom. The minimum absolute atomic E-state index is 0.212. The molecule has 5 heteroatoms. The Hall–Kier alpha value is -0.160. The van der Waals surface area contributed by atoms with Crippen LogP contribution in [0.4, 0.5) is 4.39 Å². The molecule has 1 saturated heterocycles. The highest BCUT2D eigenvalue weighted by molar-refractivity contribution is 9.10. The molecular formula is C12H15BrClFN2. The van der Waals surface area contributed by atoms with E-state index < -0.39 is 0 Å². The molecule has 1 heterocycles. The third kappa shape index (κ3) is 2.65. The van der Waals surface area contributed by atoms with Gasteiger partial charge in [0.25, 0.3) is 0 Å². The van der Waals surface area contributed by atoms with Crippen molar-refractivity contribution in [2.45, 2.75) is 12.5 Å². The van der Waals surface area contributed by atoms with E-state index in [9.17, 15) is 4.39 Å². The molecule has 17 heavy (non-hydrogen) atoms. The van der Waals surface area contributed by atoms with Gasteiger partial charge in [-0.05, 0) is 59.6 Å². The Balaban J connectivity index is 2.29. The zero-order valence-electron chi connectivity index (χ0n) is 9.59. The topological polar surface area (TPSA) is 29.3 Å². The summed E-state index contributed by atoms with van der Waals surface area (Å²) in [5.41, 5.74) is 6.61. The van der Waals surface area contributed by atoms with E-state index in [2.05, 4.69) is 20.8 Å². The summed E-state index contributed by atoms with van der Waals surface area (Å²) in [5.74, 6) is 0.174. The summed E-state index contributed by atoms with van der Waals surface area (Å²) >= 11 is 9.11. The van der Waals surface area contributed by atoms with Crippen LogP contribution in [0, 0.1) is 11.7 Å². The van der Waals surface area contributed by atoms with Crippen LogP contribution in [0.25, 0.3) is 0 Å². The van der Waals surface area contributed by atoms with Crippen LogP contribution in [0.2, 0.25) is 5.02 Å². The van der Waals surface area contributed by atoms with Crippen molar-refractivity contribution in [2.24, 2.45) is 11.7 Å². The van der Waals surface area contributed by atoms with Crippen LogP contribution in [-0.4, -0.2) is 25.0 Å². The zero-order valence-corrected chi connectivity index (χ0v) is 11.9. The fourth-order valence-corrected chi connectivity index (χ4v) is 2.88. The predicted molar refractivity (Wildman–Crippen MR) is 71.6 cm³/mol. The van der Waals surface area contributed by atoms with Gasteiger partial charge in [-0.3, -0.25) is 4.90 Å². The third-order valence-electron chi connectivity index (χ3n) is 3.36.